The molecule has 0 radical (unpaired) electrons. The highest BCUT2D eigenvalue weighted by molar-refractivity contribution is 5.72. The van der Waals surface area contributed by atoms with E-state index in [1.165, 1.54) is 64.2 Å². The van der Waals surface area contributed by atoms with Crippen LogP contribution in [0.2, 0.25) is 0 Å². The van der Waals surface area contributed by atoms with E-state index >= 15 is 0 Å². The van der Waals surface area contributed by atoms with E-state index in [-0.39, 0.29) is 12.1 Å². The number of rotatable bonds is 15. The minimum absolute atomic E-state index is 0.0503. The Hall–Kier alpha value is -1.29. The second-order valence-corrected chi connectivity index (χ2v) is 8.01. The van der Waals surface area contributed by atoms with Crippen LogP contribution in [0.4, 0.5) is 0 Å². The maximum Gasteiger partial charge on any atom is 0.221 e. The number of nitrogens with zero attached hydrogens (tertiary/aromatic N) is 1. The number of quaternary nitrogens is 1. The van der Waals surface area contributed by atoms with Crippen molar-refractivity contribution in [2.24, 2.45) is 0 Å². The molecule has 4 nitrogen and oxygen atoms in total. The fourth-order valence-corrected chi connectivity index (χ4v) is 4.28. The highest BCUT2D eigenvalue weighted by Crippen LogP contribution is 2.26. The van der Waals surface area contributed by atoms with Gasteiger partial charge in [0.1, 0.15) is 6.20 Å². The molecule has 0 saturated carbocycles. The molecular formula is C23H44N3O+. The van der Waals surface area contributed by atoms with Gasteiger partial charge in [-0.15, -0.1) is 0 Å². The van der Waals surface area contributed by atoms with Gasteiger partial charge in [0.2, 0.25) is 5.91 Å². The SMILES string of the molecule is C/C=C/CCCCCCCCCCCC1NC=C[N+]1(CC)C(C)NC(C)=O. The maximum atomic E-state index is 11.5. The Labute approximate surface area is 168 Å². The molecule has 0 saturated heterocycles. The Morgan fingerprint density at radius 2 is 1.70 bits per heavy atom. The molecule has 1 amide bonds. The summed E-state index contributed by atoms with van der Waals surface area (Å²) in [6.07, 6.45) is 23.8. The fraction of sp³-hybridized carbons (Fsp3) is 0.783. The van der Waals surface area contributed by atoms with Crippen LogP contribution in [0.25, 0.3) is 0 Å². The summed E-state index contributed by atoms with van der Waals surface area (Å²) in [6.45, 7) is 9.02. The Kier molecular flexibility index (Phi) is 12.2. The van der Waals surface area contributed by atoms with E-state index in [0.717, 1.165) is 17.4 Å². The largest absolute Gasteiger partial charge is 0.338 e. The third-order valence-electron chi connectivity index (χ3n) is 5.99. The third kappa shape index (κ3) is 8.50. The van der Waals surface area contributed by atoms with Crippen LogP contribution in [-0.2, 0) is 4.79 Å². The predicted octanol–water partition coefficient (Wildman–Crippen LogP) is 5.57. The lowest BCUT2D eigenvalue weighted by Gasteiger charge is -2.41. The van der Waals surface area contributed by atoms with Gasteiger partial charge in [-0.1, -0.05) is 57.1 Å². The van der Waals surface area contributed by atoms with Gasteiger partial charge in [-0.25, -0.2) is 0 Å². The molecule has 0 fully saturated rings. The Morgan fingerprint density at radius 1 is 1.11 bits per heavy atom. The summed E-state index contributed by atoms with van der Waals surface area (Å²) < 4.78 is 0.812. The van der Waals surface area contributed by atoms with Gasteiger partial charge < -0.3 is 10.6 Å². The summed E-state index contributed by atoms with van der Waals surface area (Å²) >= 11 is 0. The van der Waals surface area contributed by atoms with E-state index in [1.54, 1.807) is 6.92 Å². The van der Waals surface area contributed by atoms with Gasteiger partial charge in [-0.05, 0) is 33.1 Å². The molecule has 0 bridgehead atoms. The number of nitrogens with one attached hydrogen (secondary N) is 2. The Balaban J connectivity index is 2.14. The van der Waals surface area contributed by atoms with Crippen LogP contribution in [-0.4, -0.2) is 29.3 Å². The standard InChI is InChI=1S/C23H43N3O/c1-5-7-8-9-10-11-12-13-14-15-16-17-18-23-24-19-20-26(23,6-2)21(3)25-22(4)27/h5,7,19-21,23-24H,6,8-18H2,1-4H3/p+1/b7-5+. The monoisotopic (exact) mass is 378 g/mol. The lowest BCUT2D eigenvalue weighted by atomic mass is 10.0. The van der Waals surface area contributed by atoms with E-state index in [0.29, 0.717) is 6.17 Å². The summed E-state index contributed by atoms with van der Waals surface area (Å²) in [7, 11) is 0. The molecule has 0 aliphatic carbocycles. The molecule has 1 aliphatic heterocycles. The van der Waals surface area contributed by atoms with Crippen molar-refractivity contribution < 1.29 is 9.28 Å². The summed E-state index contributed by atoms with van der Waals surface area (Å²) in [5.74, 6) is 0.0503. The Bertz CT molecular complexity index is 461. The van der Waals surface area contributed by atoms with Gasteiger partial charge in [0.25, 0.3) is 0 Å². The van der Waals surface area contributed by atoms with Crippen molar-refractivity contribution in [3.05, 3.63) is 24.6 Å². The van der Waals surface area contributed by atoms with Crippen molar-refractivity contribution in [2.75, 3.05) is 6.54 Å². The molecule has 0 aromatic carbocycles. The number of hydrogen-bond acceptors (Lipinski definition) is 2. The lowest BCUT2D eigenvalue weighted by Crippen LogP contribution is -2.62. The van der Waals surface area contributed by atoms with Crippen LogP contribution >= 0.6 is 0 Å². The van der Waals surface area contributed by atoms with Crippen LogP contribution in [0.1, 0.15) is 98.3 Å². The molecular weight excluding hydrogens is 334 g/mol. The van der Waals surface area contributed by atoms with E-state index in [2.05, 4.69) is 56.0 Å². The van der Waals surface area contributed by atoms with Crippen molar-refractivity contribution in [1.29, 1.82) is 0 Å². The summed E-state index contributed by atoms with van der Waals surface area (Å²) in [4.78, 5) is 11.5. The molecule has 156 valence electrons. The van der Waals surface area contributed by atoms with Crippen molar-refractivity contribution in [2.45, 2.75) is 111 Å². The van der Waals surface area contributed by atoms with Crippen molar-refractivity contribution >= 4 is 5.91 Å². The highest BCUT2D eigenvalue weighted by Gasteiger charge is 2.41. The van der Waals surface area contributed by atoms with Gasteiger partial charge >= 0.3 is 0 Å². The number of unbranched alkanes of at least 4 members (excludes halogenated alkanes) is 9. The average Bonchev–Trinajstić information content (AvgIpc) is 3.06. The molecule has 0 aromatic rings. The topological polar surface area (TPSA) is 41.1 Å². The van der Waals surface area contributed by atoms with Crippen LogP contribution in [0, 0.1) is 0 Å². The molecule has 3 unspecified atom stereocenters. The van der Waals surface area contributed by atoms with Gasteiger partial charge in [-0.3, -0.25) is 9.28 Å². The molecule has 3 atom stereocenters. The highest BCUT2D eigenvalue weighted by atomic mass is 16.1. The first kappa shape index (κ1) is 23.7. The molecule has 1 heterocycles. The van der Waals surface area contributed by atoms with Crippen molar-refractivity contribution in [1.82, 2.24) is 10.6 Å². The number of carbonyl (C=O) groups excluding carboxylic acids is 1. The first-order valence-corrected chi connectivity index (χ1v) is 11.3. The zero-order valence-electron chi connectivity index (χ0n) is 18.3. The van der Waals surface area contributed by atoms with E-state index in [4.69, 9.17) is 0 Å². The van der Waals surface area contributed by atoms with Crippen LogP contribution in [0.5, 0.6) is 0 Å². The number of amides is 1. The second-order valence-electron chi connectivity index (χ2n) is 8.01. The van der Waals surface area contributed by atoms with Gasteiger partial charge in [-0.2, -0.15) is 0 Å². The molecule has 0 spiro atoms. The van der Waals surface area contributed by atoms with E-state index < -0.39 is 0 Å². The molecule has 4 heteroatoms. The average molecular weight is 379 g/mol. The molecule has 1 rings (SSSR count). The quantitative estimate of drug-likeness (QED) is 0.222. The van der Waals surface area contributed by atoms with Crippen molar-refractivity contribution in [3.63, 3.8) is 0 Å². The zero-order chi connectivity index (χ0) is 20.0. The van der Waals surface area contributed by atoms with E-state index in [1.807, 2.05) is 0 Å². The first-order valence-electron chi connectivity index (χ1n) is 11.3. The molecule has 2 N–H and O–H groups in total. The van der Waals surface area contributed by atoms with Crippen LogP contribution in [0.15, 0.2) is 24.6 Å². The molecule has 27 heavy (non-hydrogen) atoms. The summed E-state index contributed by atoms with van der Waals surface area (Å²) in [5, 5.41) is 6.62. The van der Waals surface area contributed by atoms with Crippen molar-refractivity contribution in [3.8, 4) is 0 Å². The number of carbonyl (C=O) groups is 1. The van der Waals surface area contributed by atoms with Crippen LogP contribution < -0.4 is 10.6 Å². The van der Waals surface area contributed by atoms with Crippen LogP contribution in [0.3, 0.4) is 0 Å². The zero-order valence-corrected chi connectivity index (χ0v) is 18.3. The number of allylic oxidation sites excluding steroid dienone is 2. The van der Waals surface area contributed by atoms with E-state index in [9.17, 15) is 4.79 Å². The molecule has 0 aromatic heterocycles. The normalized spacial score (nSPS) is 22.9. The molecule has 1 aliphatic rings. The summed E-state index contributed by atoms with van der Waals surface area (Å²) in [5.41, 5.74) is 0. The maximum absolute atomic E-state index is 11.5. The lowest BCUT2D eigenvalue weighted by molar-refractivity contribution is -0.923. The van der Waals surface area contributed by atoms with Gasteiger partial charge in [0.15, 0.2) is 12.3 Å². The van der Waals surface area contributed by atoms with Gasteiger partial charge in [0, 0.05) is 20.3 Å². The predicted molar refractivity (Wildman–Crippen MR) is 116 cm³/mol. The number of hydrogen-bond donors (Lipinski definition) is 2. The Morgan fingerprint density at radius 3 is 2.26 bits per heavy atom. The third-order valence-corrected chi connectivity index (χ3v) is 5.99. The first-order chi connectivity index (χ1) is 13.1. The minimum Gasteiger partial charge on any atom is -0.338 e. The minimum atomic E-state index is 0.0503. The fourth-order valence-electron chi connectivity index (χ4n) is 4.28. The second kappa shape index (κ2) is 13.8. The van der Waals surface area contributed by atoms with Gasteiger partial charge in [0.05, 0.1) is 12.7 Å². The summed E-state index contributed by atoms with van der Waals surface area (Å²) in [6, 6.07) is 0. The smallest absolute Gasteiger partial charge is 0.221 e.